The number of anilines is 3. The number of carbonyl (C=O) groups is 2. The number of hydrogen-bond donors (Lipinski definition) is 2. The summed E-state index contributed by atoms with van der Waals surface area (Å²) >= 11 is 0. The molecule has 5 rings (SSSR count). The van der Waals surface area contributed by atoms with Crippen molar-refractivity contribution in [2.45, 2.75) is 32.9 Å². The maximum absolute atomic E-state index is 15.0. The molecule has 1 saturated carbocycles. The molecule has 1 fully saturated rings. The Hall–Kier alpha value is -3.68. The number of hydrogen-bond acceptors (Lipinski definition) is 4. The van der Waals surface area contributed by atoms with E-state index < -0.39 is 11.7 Å². The smallest absolute Gasteiger partial charge is 0.261 e. The Morgan fingerprint density at radius 3 is 2.78 bits per heavy atom. The molecule has 2 N–H and O–H groups in total. The van der Waals surface area contributed by atoms with Crippen LogP contribution >= 0.6 is 0 Å². The van der Waals surface area contributed by atoms with E-state index in [9.17, 15) is 9.59 Å². The van der Waals surface area contributed by atoms with E-state index in [2.05, 4.69) is 15.7 Å². The average molecular weight is 433 g/mol. The number of carbonyl (C=O) groups excluding carboxylic acids is 2. The zero-order chi connectivity index (χ0) is 22.4. The molecule has 2 amide bonds. The summed E-state index contributed by atoms with van der Waals surface area (Å²) < 4.78 is 16.7. The van der Waals surface area contributed by atoms with E-state index in [1.54, 1.807) is 21.8 Å². The van der Waals surface area contributed by atoms with Gasteiger partial charge in [0.15, 0.2) is 0 Å². The molecule has 0 atom stereocenters. The van der Waals surface area contributed by atoms with Crippen LogP contribution in [0.2, 0.25) is 0 Å². The molecule has 0 spiro atoms. The Morgan fingerprint density at radius 2 is 2.03 bits per heavy atom. The van der Waals surface area contributed by atoms with E-state index in [4.69, 9.17) is 0 Å². The van der Waals surface area contributed by atoms with Crippen LogP contribution in [0, 0.1) is 18.7 Å². The monoisotopic (exact) mass is 433 g/mol. The fraction of sp³-hybridized carbons (Fsp3) is 0.292. The highest BCUT2D eigenvalue weighted by Gasteiger charge is 2.30. The minimum atomic E-state index is -0.606. The second kappa shape index (κ2) is 7.78. The highest BCUT2D eigenvalue weighted by Crippen LogP contribution is 2.37. The summed E-state index contributed by atoms with van der Waals surface area (Å²) in [6.07, 6.45) is 3.54. The maximum atomic E-state index is 15.0. The van der Waals surface area contributed by atoms with Gasteiger partial charge in [0, 0.05) is 25.1 Å². The average Bonchev–Trinajstić information content (AvgIpc) is 3.58. The van der Waals surface area contributed by atoms with Crippen LogP contribution in [0.3, 0.4) is 0 Å². The normalized spacial score (nSPS) is 14.8. The molecule has 32 heavy (non-hydrogen) atoms. The van der Waals surface area contributed by atoms with Gasteiger partial charge in [-0.1, -0.05) is 12.1 Å². The second-order valence-electron chi connectivity index (χ2n) is 8.49. The summed E-state index contributed by atoms with van der Waals surface area (Å²) in [5.41, 5.74) is 3.93. The molecule has 1 aliphatic heterocycles. The van der Waals surface area contributed by atoms with Gasteiger partial charge in [0.05, 0.1) is 29.7 Å². The highest BCUT2D eigenvalue weighted by molar-refractivity contribution is 6.08. The first-order valence-corrected chi connectivity index (χ1v) is 10.7. The molecule has 3 aromatic rings. The van der Waals surface area contributed by atoms with E-state index in [0.717, 1.165) is 35.5 Å². The van der Waals surface area contributed by atoms with Crippen LogP contribution in [0.5, 0.6) is 0 Å². The van der Waals surface area contributed by atoms with Gasteiger partial charge in [0.2, 0.25) is 5.91 Å². The molecular formula is C24H24FN5O2. The fourth-order valence-corrected chi connectivity index (χ4v) is 3.98. The lowest BCUT2D eigenvalue weighted by molar-refractivity contribution is -0.122. The van der Waals surface area contributed by atoms with Crippen molar-refractivity contribution in [1.29, 1.82) is 0 Å². The number of fused-ring (bicyclic) bond motifs is 2. The highest BCUT2D eigenvalue weighted by atomic mass is 19.1. The summed E-state index contributed by atoms with van der Waals surface area (Å²) in [6.45, 7) is 2.49. The van der Waals surface area contributed by atoms with Gasteiger partial charge in [-0.05, 0) is 55.2 Å². The van der Waals surface area contributed by atoms with E-state index in [-0.39, 0.29) is 30.5 Å². The lowest BCUT2D eigenvalue weighted by Crippen LogP contribution is -2.31. The molecule has 1 aromatic heterocycles. The summed E-state index contributed by atoms with van der Waals surface area (Å²) in [7, 11) is 1.83. The van der Waals surface area contributed by atoms with E-state index in [0.29, 0.717) is 11.3 Å². The van der Waals surface area contributed by atoms with Crippen LogP contribution in [-0.4, -0.2) is 21.6 Å². The van der Waals surface area contributed by atoms with Crippen LogP contribution in [0.4, 0.5) is 21.6 Å². The molecular weight excluding hydrogens is 409 g/mol. The molecule has 8 heteroatoms. The van der Waals surface area contributed by atoms with Gasteiger partial charge in [0.25, 0.3) is 5.91 Å². The Labute approximate surface area is 185 Å². The zero-order valence-corrected chi connectivity index (χ0v) is 18.0. The number of amides is 2. The number of halogens is 1. The SMILES string of the molecule is Cc1ccc2c(c1)Nc1c(cnn1C)CN2C(=O)c1ccc(CNC(=O)C2CC2)cc1F. The molecule has 0 unspecified atom stereocenters. The van der Waals surface area contributed by atoms with Crippen molar-refractivity contribution in [3.8, 4) is 0 Å². The third-order valence-corrected chi connectivity index (χ3v) is 5.96. The molecule has 0 radical (unpaired) electrons. The number of nitrogens with one attached hydrogen (secondary N) is 2. The standard InChI is InChI=1S/C24H24FN5O2/c1-14-3-8-21-20(9-14)28-22-17(12-27-29(22)2)13-30(21)24(32)18-7-4-15(10-19(18)25)11-26-23(31)16-5-6-16/h3-4,7-10,12,16,28H,5-6,11,13H2,1-2H3,(H,26,31). The van der Waals surface area contributed by atoms with E-state index >= 15 is 4.39 Å². The number of rotatable bonds is 4. The van der Waals surface area contributed by atoms with Crippen molar-refractivity contribution < 1.29 is 14.0 Å². The van der Waals surface area contributed by atoms with Gasteiger partial charge < -0.3 is 15.5 Å². The summed E-state index contributed by atoms with van der Waals surface area (Å²) in [5, 5.41) is 10.5. The first kappa shape index (κ1) is 20.2. The van der Waals surface area contributed by atoms with Crippen LogP contribution in [0.25, 0.3) is 0 Å². The van der Waals surface area contributed by atoms with Gasteiger partial charge in [-0.2, -0.15) is 5.10 Å². The van der Waals surface area contributed by atoms with Crippen molar-refractivity contribution in [1.82, 2.24) is 15.1 Å². The Balaban J connectivity index is 1.44. The van der Waals surface area contributed by atoms with Crippen molar-refractivity contribution in [3.63, 3.8) is 0 Å². The molecule has 2 aromatic carbocycles. The summed E-state index contributed by atoms with van der Waals surface area (Å²) in [4.78, 5) is 26.9. The Kier molecular flexibility index (Phi) is 4.92. The first-order chi connectivity index (χ1) is 15.4. The second-order valence-corrected chi connectivity index (χ2v) is 8.49. The van der Waals surface area contributed by atoms with Crippen LogP contribution in [0.1, 0.15) is 39.9 Å². The Morgan fingerprint density at radius 1 is 1.22 bits per heavy atom. The summed E-state index contributed by atoms with van der Waals surface area (Å²) in [6, 6.07) is 10.3. The Bertz CT molecular complexity index is 1230. The first-order valence-electron chi connectivity index (χ1n) is 10.7. The molecule has 1 aliphatic carbocycles. The third kappa shape index (κ3) is 3.72. The van der Waals surface area contributed by atoms with Gasteiger partial charge in [-0.15, -0.1) is 0 Å². The van der Waals surface area contributed by atoms with Crippen LogP contribution in [0.15, 0.2) is 42.6 Å². The van der Waals surface area contributed by atoms with Gasteiger partial charge in [-0.3, -0.25) is 14.3 Å². The molecule has 0 saturated heterocycles. The number of aryl methyl sites for hydroxylation is 2. The summed E-state index contributed by atoms with van der Waals surface area (Å²) in [5.74, 6) is -0.139. The molecule has 2 aliphatic rings. The number of aromatic nitrogens is 2. The van der Waals surface area contributed by atoms with E-state index in [1.807, 2.05) is 32.2 Å². The quantitative estimate of drug-likeness (QED) is 0.656. The van der Waals surface area contributed by atoms with E-state index in [1.165, 1.54) is 12.1 Å². The number of benzene rings is 2. The van der Waals surface area contributed by atoms with Crippen molar-refractivity contribution >= 4 is 29.0 Å². The van der Waals surface area contributed by atoms with Crippen molar-refractivity contribution in [3.05, 3.63) is 70.7 Å². The predicted molar refractivity (Wildman–Crippen MR) is 119 cm³/mol. The minimum absolute atomic E-state index is 0.00167. The van der Waals surface area contributed by atoms with Gasteiger partial charge in [-0.25, -0.2) is 4.39 Å². The van der Waals surface area contributed by atoms with Crippen molar-refractivity contribution in [2.75, 3.05) is 10.2 Å². The zero-order valence-electron chi connectivity index (χ0n) is 18.0. The third-order valence-electron chi connectivity index (χ3n) is 5.96. The predicted octanol–water partition coefficient (Wildman–Crippen LogP) is 3.80. The molecule has 164 valence electrons. The van der Waals surface area contributed by atoms with Gasteiger partial charge >= 0.3 is 0 Å². The molecule has 7 nitrogen and oxygen atoms in total. The molecule has 0 bridgehead atoms. The lowest BCUT2D eigenvalue weighted by Gasteiger charge is -2.23. The van der Waals surface area contributed by atoms with Gasteiger partial charge in [0.1, 0.15) is 11.6 Å². The van der Waals surface area contributed by atoms with Crippen LogP contribution < -0.4 is 15.5 Å². The van der Waals surface area contributed by atoms with Crippen LogP contribution in [-0.2, 0) is 24.9 Å². The lowest BCUT2D eigenvalue weighted by atomic mass is 10.1. The largest absolute Gasteiger partial charge is 0.352 e. The molecule has 2 heterocycles. The number of nitrogens with zero attached hydrogens (tertiary/aromatic N) is 3. The van der Waals surface area contributed by atoms with Crippen molar-refractivity contribution in [2.24, 2.45) is 13.0 Å². The fourth-order valence-electron chi connectivity index (χ4n) is 3.98. The topological polar surface area (TPSA) is 79.3 Å². The maximum Gasteiger partial charge on any atom is 0.261 e. The minimum Gasteiger partial charge on any atom is -0.352 e.